The molecule has 1 saturated heterocycles. The summed E-state index contributed by atoms with van der Waals surface area (Å²) in [5.74, 6) is 0.873. The summed E-state index contributed by atoms with van der Waals surface area (Å²) in [5.41, 5.74) is 0.388. The molecule has 1 aliphatic heterocycles. The molecule has 2 fully saturated rings. The quantitative estimate of drug-likeness (QED) is 0.611. The second-order valence-corrected chi connectivity index (χ2v) is 8.95. The van der Waals surface area contributed by atoms with Crippen molar-refractivity contribution < 1.29 is 13.3 Å². The van der Waals surface area contributed by atoms with Crippen LogP contribution in [0.2, 0.25) is 0 Å². The van der Waals surface area contributed by atoms with Crippen LogP contribution in [0.1, 0.15) is 59.3 Å². The summed E-state index contributed by atoms with van der Waals surface area (Å²) >= 11 is 0. The van der Waals surface area contributed by atoms with Crippen LogP contribution in [0.25, 0.3) is 0 Å². The molecule has 1 saturated carbocycles. The van der Waals surface area contributed by atoms with E-state index in [1.165, 1.54) is 51.6 Å². The second-order valence-electron chi connectivity index (χ2n) is 6.21. The summed E-state index contributed by atoms with van der Waals surface area (Å²) in [7, 11) is -2.53. The SMILES string of the molecule is CCO[Si](OCC)(OCC)C1CCN1CC1CCCCC1. The number of rotatable bonds is 9. The van der Waals surface area contributed by atoms with Gasteiger partial charge >= 0.3 is 8.80 Å². The zero-order valence-corrected chi connectivity index (χ0v) is 15.1. The van der Waals surface area contributed by atoms with Crippen LogP contribution in [-0.2, 0) is 13.3 Å². The van der Waals surface area contributed by atoms with E-state index in [0.29, 0.717) is 25.5 Å². The van der Waals surface area contributed by atoms with Crippen molar-refractivity contribution >= 4 is 8.80 Å². The van der Waals surface area contributed by atoms with Gasteiger partial charge in [0.25, 0.3) is 0 Å². The lowest BCUT2D eigenvalue weighted by Gasteiger charge is -2.49. The van der Waals surface area contributed by atoms with Crippen LogP contribution >= 0.6 is 0 Å². The predicted octanol–water partition coefficient (Wildman–Crippen LogP) is 3.23. The van der Waals surface area contributed by atoms with Gasteiger partial charge in [-0.3, -0.25) is 4.90 Å². The minimum absolute atomic E-state index is 0.388. The lowest BCUT2D eigenvalue weighted by Crippen LogP contribution is -2.69. The fourth-order valence-corrected chi connectivity index (χ4v) is 6.98. The highest BCUT2D eigenvalue weighted by atomic mass is 28.4. The Kier molecular flexibility index (Phi) is 7.15. The molecule has 0 aromatic heterocycles. The number of nitrogens with zero attached hydrogens (tertiary/aromatic N) is 1. The molecule has 5 heteroatoms. The monoisotopic (exact) mass is 315 g/mol. The van der Waals surface area contributed by atoms with Gasteiger partial charge in [-0.15, -0.1) is 0 Å². The van der Waals surface area contributed by atoms with Crippen LogP contribution in [0.5, 0.6) is 0 Å². The molecule has 0 spiro atoms. The summed E-state index contributed by atoms with van der Waals surface area (Å²) < 4.78 is 18.3. The molecule has 0 amide bonds. The number of hydrogen-bond acceptors (Lipinski definition) is 4. The molecule has 1 heterocycles. The maximum atomic E-state index is 6.09. The van der Waals surface area contributed by atoms with E-state index in [4.69, 9.17) is 13.3 Å². The van der Waals surface area contributed by atoms with E-state index in [0.717, 1.165) is 5.92 Å². The summed E-state index contributed by atoms with van der Waals surface area (Å²) in [6, 6.07) is 0. The molecule has 2 aliphatic rings. The van der Waals surface area contributed by atoms with Crippen molar-refractivity contribution in [3.8, 4) is 0 Å². The van der Waals surface area contributed by atoms with E-state index in [9.17, 15) is 0 Å². The lowest BCUT2D eigenvalue weighted by atomic mass is 9.88. The van der Waals surface area contributed by atoms with Gasteiger partial charge in [0.05, 0.1) is 5.67 Å². The lowest BCUT2D eigenvalue weighted by molar-refractivity contribution is -0.00301. The maximum absolute atomic E-state index is 6.09. The van der Waals surface area contributed by atoms with Crippen LogP contribution in [0, 0.1) is 5.92 Å². The fraction of sp³-hybridized carbons (Fsp3) is 1.00. The van der Waals surface area contributed by atoms with E-state index in [1.54, 1.807) is 0 Å². The van der Waals surface area contributed by atoms with Gasteiger partial charge < -0.3 is 13.3 Å². The molecule has 0 aromatic rings. The van der Waals surface area contributed by atoms with Crippen molar-refractivity contribution in [1.82, 2.24) is 4.90 Å². The molecule has 2 rings (SSSR count). The Morgan fingerprint density at radius 3 is 1.86 bits per heavy atom. The first kappa shape index (κ1) is 17.4. The average Bonchev–Trinajstić information content (AvgIpc) is 2.45. The van der Waals surface area contributed by atoms with Crippen molar-refractivity contribution in [3.05, 3.63) is 0 Å². The van der Waals surface area contributed by atoms with Crippen LogP contribution < -0.4 is 0 Å². The zero-order valence-electron chi connectivity index (χ0n) is 14.1. The standard InChI is InChI=1S/C16H33NO3Si/c1-4-18-21(19-5-2,20-6-3)16-12-13-17(16)14-15-10-8-7-9-11-15/h15-16H,4-14H2,1-3H3. The Labute approximate surface area is 131 Å². The Morgan fingerprint density at radius 1 is 0.857 bits per heavy atom. The van der Waals surface area contributed by atoms with E-state index in [2.05, 4.69) is 4.90 Å². The minimum atomic E-state index is -2.53. The molecular formula is C16H33NO3Si. The predicted molar refractivity (Wildman–Crippen MR) is 87.2 cm³/mol. The number of hydrogen-bond donors (Lipinski definition) is 0. The third-order valence-corrected chi connectivity index (χ3v) is 8.34. The number of likely N-dealkylation sites (tertiary alicyclic amines) is 1. The molecule has 1 aliphatic carbocycles. The average molecular weight is 316 g/mol. The zero-order chi connectivity index (χ0) is 15.1. The van der Waals surface area contributed by atoms with Gasteiger partial charge in [-0.05, 0) is 52.5 Å². The first-order valence-electron chi connectivity index (χ1n) is 8.91. The summed E-state index contributed by atoms with van der Waals surface area (Å²) in [4.78, 5) is 2.59. The van der Waals surface area contributed by atoms with Crippen LogP contribution in [0.4, 0.5) is 0 Å². The molecule has 4 nitrogen and oxygen atoms in total. The van der Waals surface area contributed by atoms with E-state index >= 15 is 0 Å². The van der Waals surface area contributed by atoms with Crippen molar-refractivity contribution in [2.75, 3.05) is 32.9 Å². The summed E-state index contributed by atoms with van der Waals surface area (Å²) in [5, 5.41) is 0. The van der Waals surface area contributed by atoms with Crippen molar-refractivity contribution in [1.29, 1.82) is 0 Å². The van der Waals surface area contributed by atoms with Gasteiger partial charge in [-0.25, -0.2) is 0 Å². The van der Waals surface area contributed by atoms with Crippen LogP contribution in [-0.4, -0.2) is 52.3 Å². The van der Waals surface area contributed by atoms with Crippen molar-refractivity contribution in [2.45, 2.75) is 65.0 Å². The molecule has 0 N–H and O–H groups in total. The van der Waals surface area contributed by atoms with Crippen molar-refractivity contribution in [2.24, 2.45) is 5.92 Å². The maximum Gasteiger partial charge on any atom is 0.519 e. The van der Waals surface area contributed by atoms with E-state index in [-0.39, 0.29) is 0 Å². The Morgan fingerprint density at radius 2 is 1.43 bits per heavy atom. The normalized spacial score (nSPS) is 25.0. The van der Waals surface area contributed by atoms with Gasteiger partial charge in [0.2, 0.25) is 0 Å². The summed E-state index contributed by atoms with van der Waals surface area (Å²) in [6.07, 6.45) is 8.21. The topological polar surface area (TPSA) is 30.9 Å². The highest BCUT2D eigenvalue weighted by molar-refractivity contribution is 6.62. The first-order chi connectivity index (χ1) is 10.3. The molecule has 21 heavy (non-hydrogen) atoms. The third kappa shape index (κ3) is 4.29. The van der Waals surface area contributed by atoms with Crippen molar-refractivity contribution in [3.63, 3.8) is 0 Å². The first-order valence-corrected chi connectivity index (χ1v) is 10.7. The van der Waals surface area contributed by atoms with Gasteiger partial charge in [0, 0.05) is 26.4 Å². The van der Waals surface area contributed by atoms with Gasteiger partial charge in [0.1, 0.15) is 0 Å². The molecule has 124 valence electrons. The fourth-order valence-electron chi connectivity index (χ4n) is 3.78. The van der Waals surface area contributed by atoms with Gasteiger partial charge in [-0.2, -0.15) is 0 Å². The molecule has 1 unspecified atom stereocenters. The third-order valence-electron chi connectivity index (χ3n) is 4.79. The Hall–Kier alpha value is 0.0569. The van der Waals surface area contributed by atoms with Crippen LogP contribution in [0.3, 0.4) is 0 Å². The Balaban J connectivity index is 1.97. The highest BCUT2D eigenvalue weighted by Crippen LogP contribution is 2.33. The molecule has 0 radical (unpaired) electrons. The molecule has 0 aromatic carbocycles. The van der Waals surface area contributed by atoms with Gasteiger partial charge in [-0.1, -0.05) is 19.3 Å². The highest BCUT2D eigenvalue weighted by Gasteiger charge is 2.55. The smallest absolute Gasteiger partial charge is 0.373 e. The van der Waals surface area contributed by atoms with Crippen LogP contribution in [0.15, 0.2) is 0 Å². The second kappa shape index (κ2) is 8.63. The molecular weight excluding hydrogens is 282 g/mol. The van der Waals surface area contributed by atoms with E-state index < -0.39 is 8.80 Å². The molecule has 1 atom stereocenters. The largest absolute Gasteiger partial charge is 0.519 e. The summed E-state index contributed by atoms with van der Waals surface area (Å²) in [6.45, 7) is 10.6. The molecule has 0 bridgehead atoms. The Bertz CT molecular complexity index is 280. The minimum Gasteiger partial charge on any atom is -0.373 e. The van der Waals surface area contributed by atoms with E-state index in [1.807, 2.05) is 20.8 Å². The van der Waals surface area contributed by atoms with Gasteiger partial charge in [0.15, 0.2) is 0 Å².